The first-order valence-corrected chi connectivity index (χ1v) is 4.41. The molecule has 0 saturated carbocycles. The van der Waals surface area contributed by atoms with Gasteiger partial charge in [-0.05, 0) is 12.8 Å². The van der Waals surface area contributed by atoms with Crippen molar-refractivity contribution in [2.45, 2.75) is 25.8 Å². The topological polar surface area (TPSA) is 51.8 Å². The van der Waals surface area contributed by atoms with Gasteiger partial charge in [0.25, 0.3) is 0 Å². The van der Waals surface area contributed by atoms with Crippen LogP contribution in [0.25, 0.3) is 0 Å². The average Bonchev–Trinajstić information content (AvgIpc) is 2.19. The van der Waals surface area contributed by atoms with E-state index < -0.39 is 0 Å². The minimum Gasteiger partial charge on any atom is -0.324 e. The highest BCUT2D eigenvalue weighted by atomic mass is 14.8. The summed E-state index contributed by atoms with van der Waals surface area (Å²) >= 11 is 0. The van der Waals surface area contributed by atoms with E-state index >= 15 is 0 Å². The SMILES string of the molecule is C=C(CC)CC(N)c1cncnc1. The van der Waals surface area contributed by atoms with Gasteiger partial charge in [-0.3, -0.25) is 0 Å². The summed E-state index contributed by atoms with van der Waals surface area (Å²) in [7, 11) is 0. The second-order valence-electron chi connectivity index (χ2n) is 3.09. The lowest BCUT2D eigenvalue weighted by atomic mass is 10.0. The highest BCUT2D eigenvalue weighted by Crippen LogP contribution is 2.17. The predicted octanol–water partition coefficient (Wildman–Crippen LogP) is 1.83. The molecule has 0 aromatic carbocycles. The fourth-order valence-electron chi connectivity index (χ4n) is 1.08. The molecule has 1 unspecified atom stereocenters. The molecule has 0 fully saturated rings. The van der Waals surface area contributed by atoms with E-state index in [0.29, 0.717) is 0 Å². The van der Waals surface area contributed by atoms with Crippen LogP contribution in [0.3, 0.4) is 0 Å². The molecule has 3 nitrogen and oxygen atoms in total. The fraction of sp³-hybridized carbons (Fsp3) is 0.400. The Morgan fingerprint density at radius 3 is 2.69 bits per heavy atom. The van der Waals surface area contributed by atoms with Gasteiger partial charge in [0.15, 0.2) is 0 Å². The molecule has 13 heavy (non-hydrogen) atoms. The van der Waals surface area contributed by atoms with Crippen LogP contribution in [0.1, 0.15) is 31.4 Å². The van der Waals surface area contributed by atoms with Crippen molar-refractivity contribution in [2.24, 2.45) is 5.73 Å². The summed E-state index contributed by atoms with van der Waals surface area (Å²) in [5.41, 5.74) is 8.06. The molecule has 0 aliphatic rings. The van der Waals surface area contributed by atoms with E-state index in [-0.39, 0.29) is 6.04 Å². The van der Waals surface area contributed by atoms with Gasteiger partial charge in [0.05, 0.1) is 0 Å². The zero-order valence-electron chi connectivity index (χ0n) is 7.90. The van der Waals surface area contributed by atoms with Gasteiger partial charge in [0.2, 0.25) is 0 Å². The quantitative estimate of drug-likeness (QED) is 0.714. The Hall–Kier alpha value is -1.22. The van der Waals surface area contributed by atoms with Crippen LogP contribution in [-0.4, -0.2) is 9.97 Å². The first-order chi connectivity index (χ1) is 6.24. The summed E-state index contributed by atoms with van der Waals surface area (Å²) in [5.74, 6) is 0. The van der Waals surface area contributed by atoms with E-state index in [1.165, 1.54) is 6.33 Å². The van der Waals surface area contributed by atoms with Crippen molar-refractivity contribution in [1.29, 1.82) is 0 Å². The summed E-state index contributed by atoms with van der Waals surface area (Å²) in [6.45, 7) is 6.00. The van der Waals surface area contributed by atoms with Gasteiger partial charge >= 0.3 is 0 Å². The van der Waals surface area contributed by atoms with Crippen molar-refractivity contribution in [2.75, 3.05) is 0 Å². The van der Waals surface area contributed by atoms with Gasteiger partial charge in [-0.25, -0.2) is 9.97 Å². The smallest absolute Gasteiger partial charge is 0.115 e. The lowest BCUT2D eigenvalue weighted by Crippen LogP contribution is -2.11. The average molecular weight is 177 g/mol. The van der Waals surface area contributed by atoms with Crippen molar-refractivity contribution < 1.29 is 0 Å². The second-order valence-corrected chi connectivity index (χ2v) is 3.09. The molecule has 0 bridgehead atoms. The zero-order valence-corrected chi connectivity index (χ0v) is 7.90. The number of aromatic nitrogens is 2. The van der Waals surface area contributed by atoms with Crippen LogP contribution in [-0.2, 0) is 0 Å². The number of nitrogens with zero attached hydrogens (tertiary/aromatic N) is 2. The first kappa shape index (κ1) is 9.86. The summed E-state index contributed by atoms with van der Waals surface area (Å²) in [4.78, 5) is 7.84. The molecule has 0 aliphatic carbocycles. The second kappa shape index (κ2) is 4.72. The largest absolute Gasteiger partial charge is 0.324 e. The molecule has 1 atom stereocenters. The molecule has 2 N–H and O–H groups in total. The lowest BCUT2D eigenvalue weighted by molar-refractivity contribution is 0.693. The minimum absolute atomic E-state index is 0.0198. The molecule has 0 saturated heterocycles. The summed E-state index contributed by atoms with van der Waals surface area (Å²) in [6, 6.07) is -0.0198. The number of rotatable bonds is 4. The van der Waals surface area contributed by atoms with Crippen LogP contribution in [0, 0.1) is 0 Å². The number of hydrogen-bond acceptors (Lipinski definition) is 3. The molecule has 1 aromatic rings. The first-order valence-electron chi connectivity index (χ1n) is 4.41. The summed E-state index contributed by atoms with van der Waals surface area (Å²) < 4.78 is 0. The molecule has 70 valence electrons. The summed E-state index contributed by atoms with van der Waals surface area (Å²) in [5, 5.41) is 0. The Bertz CT molecular complexity index is 269. The Morgan fingerprint density at radius 1 is 1.54 bits per heavy atom. The van der Waals surface area contributed by atoms with Crippen molar-refractivity contribution in [3.8, 4) is 0 Å². The maximum Gasteiger partial charge on any atom is 0.115 e. The third-order valence-electron chi connectivity index (χ3n) is 2.02. The van der Waals surface area contributed by atoms with Crippen LogP contribution >= 0.6 is 0 Å². The maximum atomic E-state index is 5.93. The minimum atomic E-state index is -0.0198. The zero-order chi connectivity index (χ0) is 9.68. The van der Waals surface area contributed by atoms with Crippen molar-refractivity contribution >= 4 is 0 Å². The van der Waals surface area contributed by atoms with Crippen LogP contribution in [0.15, 0.2) is 30.9 Å². The van der Waals surface area contributed by atoms with Crippen LogP contribution < -0.4 is 5.73 Å². The van der Waals surface area contributed by atoms with E-state index in [0.717, 1.165) is 24.0 Å². The van der Waals surface area contributed by atoms with Crippen molar-refractivity contribution in [3.63, 3.8) is 0 Å². The van der Waals surface area contributed by atoms with Crippen LogP contribution in [0.4, 0.5) is 0 Å². The molecule has 0 radical (unpaired) electrons. The molecule has 0 spiro atoms. The molecule has 0 aliphatic heterocycles. The highest BCUT2D eigenvalue weighted by Gasteiger charge is 2.06. The standard InChI is InChI=1S/C10H15N3/c1-3-8(2)4-10(11)9-5-12-7-13-6-9/h5-7,10H,2-4,11H2,1H3. The van der Waals surface area contributed by atoms with Gasteiger partial charge in [-0.1, -0.05) is 19.1 Å². The monoisotopic (exact) mass is 177 g/mol. The predicted molar refractivity (Wildman–Crippen MR) is 53.0 cm³/mol. The molecule has 3 heteroatoms. The molecule has 0 amide bonds. The Kier molecular flexibility index (Phi) is 3.58. The van der Waals surface area contributed by atoms with E-state index in [1.807, 2.05) is 0 Å². The Balaban J connectivity index is 2.59. The Labute approximate surface area is 78.7 Å². The van der Waals surface area contributed by atoms with Gasteiger partial charge in [-0.15, -0.1) is 0 Å². The maximum absolute atomic E-state index is 5.93. The van der Waals surface area contributed by atoms with Crippen LogP contribution in [0.5, 0.6) is 0 Å². The van der Waals surface area contributed by atoms with Gasteiger partial charge in [0, 0.05) is 24.0 Å². The molecule has 1 rings (SSSR count). The van der Waals surface area contributed by atoms with E-state index in [4.69, 9.17) is 5.73 Å². The normalized spacial score (nSPS) is 12.5. The fourth-order valence-corrected chi connectivity index (χ4v) is 1.08. The van der Waals surface area contributed by atoms with Gasteiger partial charge in [-0.2, -0.15) is 0 Å². The van der Waals surface area contributed by atoms with E-state index in [9.17, 15) is 0 Å². The van der Waals surface area contributed by atoms with Crippen molar-refractivity contribution in [3.05, 3.63) is 36.4 Å². The van der Waals surface area contributed by atoms with Gasteiger partial charge in [0.1, 0.15) is 6.33 Å². The van der Waals surface area contributed by atoms with E-state index in [1.54, 1.807) is 12.4 Å². The summed E-state index contributed by atoms with van der Waals surface area (Å²) in [6.07, 6.45) is 6.79. The third kappa shape index (κ3) is 2.95. The van der Waals surface area contributed by atoms with Crippen LogP contribution in [0.2, 0.25) is 0 Å². The highest BCUT2D eigenvalue weighted by molar-refractivity contribution is 5.12. The third-order valence-corrected chi connectivity index (χ3v) is 2.02. The number of nitrogens with two attached hydrogens (primary N) is 1. The molecule has 1 heterocycles. The lowest BCUT2D eigenvalue weighted by Gasteiger charge is -2.11. The van der Waals surface area contributed by atoms with E-state index in [2.05, 4.69) is 23.5 Å². The van der Waals surface area contributed by atoms with Gasteiger partial charge < -0.3 is 5.73 Å². The molecular formula is C10H15N3. The number of hydrogen-bond donors (Lipinski definition) is 1. The molecule has 1 aromatic heterocycles. The Morgan fingerprint density at radius 2 is 2.15 bits per heavy atom. The van der Waals surface area contributed by atoms with Crippen molar-refractivity contribution in [1.82, 2.24) is 9.97 Å². The molecular weight excluding hydrogens is 162 g/mol.